The maximum Gasteiger partial charge on any atom is 0.153 e. The lowest BCUT2D eigenvalue weighted by Crippen LogP contribution is -2.26. The summed E-state index contributed by atoms with van der Waals surface area (Å²) in [7, 11) is 1.96. The Kier molecular flexibility index (Phi) is 5.51. The minimum absolute atomic E-state index is 0.329. The molecular weight excluding hydrogens is 312 g/mol. The second-order valence-electron chi connectivity index (χ2n) is 4.74. The first kappa shape index (κ1) is 14.3. The molecule has 1 aliphatic carbocycles. The number of aryl methyl sites for hydroxylation is 1. The average molecular weight is 333 g/mol. The van der Waals surface area contributed by atoms with E-state index >= 15 is 0 Å². The normalized spacial score (nSPS) is 18.4. The topological polar surface area (TPSA) is 42.7 Å². The summed E-state index contributed by atoms with van der Waals surface area (Å²) < 4.78 is 2.73. The summed E-state index contributed by atoms with van der Waals surface area (Å²) >= 11 is 5.59. The van der Waals surface area contributed by atoms with Gasteiger partial charge in [-0.15, -0.1) is 5.10 Å². The van der Waals surface area contributed by atoms with E-state index in [2.05, 4.69) is 50.2 Å². The third-order valence-corrected chi connectivity index (χ3v) is 5.44. The van der Waals surface area contributed by atoms with Gasteiger partial charge in [0.15, 0.2) is 4.60 Å². The van der Waals surface area contributed by atoms with Gasteiger partial charge >= 0.3 is 0 Å². The highest BCUT2D eigenvalue weighted by Crippen LogP contribution is 2.33. The monoisotopic (exact) mass is 332 g/mol. The molecule has 1 aliphatic rings. The summed E-state index contributed by atoms with van der Waals surface area (Å²) in [5, 5.41) is 12.5. The van der Waals surface area contributed by atoms with Crippen LogP contribution in [0.5, 0.6) is 0 Å². The molecular formula is C12H21BrN4S. The third-order valence-electron chi connectivity index (χ3n) is 3.41. The summed E-state index contributed by atoms with van der Waals surface area (Å²) in [4.78, 5) is 0. The molecule has 0 amide bonds. The van der Waals surface area contributed by atoms with Crippen molar-refractivity contribution >= 4 is 27.7 Å². The number of halogens is 1. The van der Waals surface area contributed by atoms with Gasteiger partial charge in [0.05, 0.1) is 11.7 Å². The summed E-state index contributed by atoms with van der Waals surface area (Å²) in [5.41, 5.74) is 1.15. The van der Waals surface area contributed by atoms with Crippen LogP contribution in [0.1, 0.15) is 44.3 Å². The van der Waals surface area contributed by atoms with Crippen LogP contribution in [0.15, 0.2) is 4.60 Å². The lowest BCUT2D eigenvalue weighted by Gasteiger charge is -2.19. The predicted molar refractivity (Wildman–Crippen MR) is 79.8 cm³/mol. The van der Waals surface area contributed by atoms with E-state index in [0.717, 1.165) is 27.8 Å². The van der Waals surface area contributed by atoms with Gasteiger partial charge in [0, 0.05) is 18.1 Å². The summed E-state index contributed by atoms with van der Waals surface area (Å²) in [6.45, 7) is 3.11. The number of rotatable bonds is 6. The Labute approximate surface area is 121 Å². The maximum absolute atomic E-state index is 4.08. The van der Waals surface area contributed by atoms with E-state index in [1.165, 1.54) is 25.7 Å². The van der Waals surface area contributed by atoms with E-state index in [0.29, 0.717) is 6.04 Å². The molecule has 1 aromatic heterocycles. The van der Waals surface area contributed by atoms with Crippen LogP contribution >= 0.6 is 27.7 Å². The fourth-order valence-electron chi connectivity index (χ4n) is 2.48. The van der Waals surface area contributed by atoms with Crippen LogP contribution in [0.4, 0.5) is 0 Å². The molecule has 4 nitrogen and oxygen atoms in total. The molecule has 1 N–H and O–H groups in total. The van der Waals surface area contributed by atoms with Crippen molar-refractivity contribution < 1.29 is 0 Å². The highest BCUT2D eigenvalue weighted by Gasteiger charge is 2.22. The molecule has 0 radical (unpaired) electrons. The second kappa shape index (κ2) is 6.91. The molecule has 1 aromatic rings. The Morgan fingerprint density at radius 3 is 2.78 bits per heavy atom. The van der Waals surface area contributed by atoms with E-state index < -0.39 is 0 Å². The van der Waals surface area contributed by atoms with Crippen molar-refractivity contribution in [2.24, 2.45) is 7.05 Å². The molecule has 1 heterocycles. The second-order valence-corrected chi connectivity index (χ2v) is 6.82. The van der Waals surface area contributed by atoms with Crippen LogP contribution in [-0.2, 0) is 7.05 Å². The molecule has 6 heteroatoms. The van der Waals surface area contributed by atoms with Gasteiger partial charge in [-0.05, 0) is 35.3 Å². The number of hydrogen-bond acceptors (Lipinski definition) is 4. The highest BCUT2D eigenvalue weighted by atomic mass is 79.9. The fourth-order valence-corrected chi connectivity index (χ4v) is 4.49. The van der Waals surface area contributed by atoms with E-state index in [1.807, 2.05) is 11.7 Å². The minimum atomic E-state index is 0.329. The van der Waals surface area contributed by atoms with Gasteiger partial charge in [-0.25, -0.2) is 4.68 Å². The zero-order valence-corrected chi connectivity index (χ0v) is 13.4. The molecule has 0 bridgehead atoms. The molecule has 0 aliphatic heterocycles. The number of aromatic nitrogens is 3. The van der Waals surface area contributed by atoms with Gasteiger partial charge in [-0.3, -0.25) is 0 Å². The largest absolute Gasteiger partial charge is 0.308 e. The van der Waals surface area contributed by atoms with Crippen molar-refractivity contribution in [3.63, 3.8) is 0 Å². The summed E-state index contributed by atoms with van der Waals surface area (Å²) in [6, 6.07) is 0.329. The van der Waals surface area contributed by atoms with Crippen LogP contribution in [-0.4, -0.2) is 32.5 Å². The van der Waals surface area contributed by atoms with Crippen molar-refractivity contribution in [1.82, 2.24) is 20.3 Å². The highest BCUT2D eigenvalue weighted by molar-refractivity contribution is 9.10. The Balaban J connectivity index is 1.98. The van der Waals surface area contributed by atoms with E-state index in [1.54, 1.807) is 0 Å². The molecule has 18 heavy (non-hydrogen) atoms. The van der Waals surface area contributed by atoms with E-state index in [4.69, 9.17) is 0 Å². The standard InChI is InChI=1S/C12H21BrN4S/c1-3-14-10(8-18-9-6-4-5-7-9)11-12(13)15-16-17(11)2/h9-10,14H,3-8H2,1-2H3. The number of nitrogens with zero attached hydrogens (tertiary/aromatic N) is 3. The van der Waals surface area contributed by atoms with Crippen molar-refractivity contribution in [2.45, 2.75) is 43.9 Å². The number of nitrogens with one attached hydrogen (secondary N) is 1. The third kappa shape index (κ3) is 3.48. The first-order valence-corrected chi connectivity index (χ1v) is 8.46. The summed E-state index contributed by atoms with van der Waals surface area (Å²) in [6.07, 6.45) is 5.57. The van der Waals surface area contributed by atoms with E-state index in [-0.39, 0.29) is 0 Å². The average Bonchev–Trinajstić information content (AvgIpc) is 2.96. The van der Waals surface area contributed by atoms with Crippen molar-refractivity contribution in [1.29, 1.82) is 0 Å². The minimum Gasteiger partial charge on any atom is -0.308 e. The number of thioether (sulfide) groups is 1. The van der Waals surface area contributed by atoms with Crippen LogP contribution in [0.3, 0.4) is 0 Å². The first-order chi connectivity index (χ1) is 8.72. The van der Waals surface area contributed by atoms with Gasteiger partial charge in [-0.1, -0.05) is 25.0 Å². The maximum atomic E-state index is 4.08. The molecule has 0 saturated heterocycles. The Morgan fingerprint density at radius 2 is 2.22 bits per heavy atom. The molecule has 1 atom stereocenters. The van der Waals surface area contributed by atoms with Gasteiger partial charge < -0.3 is 5.32 Å². The lowest BCUT2D eigenvalue weighted by atomic mass is 10.2. The van der Waals surface area contributed by atoms with E-state index in [9.17, 15) is 0 Å². The predicted octanol–water partition coefficient (Wildman–Crippen LogP) is 2.90. The van der Waals surface area contributed by atoms with Crippen molar-refractivity contribution in [2.75, 3.05) is 12.3 Å². The van der Waals surface area contributed by atoms with Crippen LogP contribution in [0.2, 0.25) is 0 Å². The molecule has 102 valence electrons. The zero-order chi connectivity index (χ0) is 13.0. The van der Waals surface area contributed by atoms with Crippen molar-refractivity contribution in [3.05, 3.63) is 10.3 Å². The Hall–Kier alpha value is -0.0700. The molecule has 1 saturated carbocycles. The molecule has 1 fully saturated rings. The molecule has 0 spiro atoms. The first-order valence-electron chi connectivity index (χ1n) is 6.62. The smallest absolute Gasteiger partial charge is 0.153 e. The fraction of sp³-hybridized carbons (Fsp3) is 0.833. The lowest BCUT2D eigenvalue weighted by molar-refractivity contribution is 0.547. The van der Waals surface area contributed by atoms with Crippen LogP contribution < -0.4 is 5.32 Å². The van der Waals surface area contributed by atoms with Gasteiger partial charge in [-0.2, -0.15) is 11.8 Å². The Morgan fingerprint density at radius 1 is 1.50 bits per heavy atom. The summed E-state index contributed by atoms with van der Waals surface area (Å²) in [5.74, 6) is 1.10. The molecule has 2 rings (SSSR count). The van der Waals surface area contributed by atoms with Crippen molar-refractivity contribution in [3.8, 4) is 0 Å². The Bertz CT molecular complexity index is 357. The SMILES string of the molecule is CCNC(CSC1CCCC1)c1c(Br)nnn1C. The van der Waals surface area contributed by atoms with Gasteiger partial charge in [0.1, 0.15) is 0 Å². The van der Waals surface area contributed by atoms with Gasteiger partial charge in [0.25, 0.3) is 0 Å². The molecule has 1 unspecified atom stereocenters. The van der Waals surface area contributed by atoms with Crippen LogP contribution in [0, 0.1) is 0 Å². The van der Waals surface area contributed by atoms with Gasteiger partial charge in [0.2, 0.25) is 0 Å². The zero-order valence-electron chi connectivity index (χ0n) is 11.0. The quantitative estimate of drug-likeness (QED) is 0.869. The van der Waals surface area contributed by atoms with Crippen LogP contribution in [0.25, 0.3) is 0 Å². The molecule has 0 aromatic carbocycles. The number of hydrogen-bond donors (Lipinski definition) is 1.